The van der Waals surface area contributed by atoms with Crippen LogP contribution in [0.3, 0.4) is 0 Å². The average Bonchev–Trinajstić information content (AvgIpc) is 3.03. The second-order valence-corrected chi connectivity index (χ2v) is 6.46. The first kappa shape index (κ1) is 16.6. The molecule has 0 N–H and O–H groups in total. The molecule has 0 aliphatic carbocycles. The summed E-state index contributed by atoms with van der Waals surface area (Å²) >= 11 is 1.57. The zero-order chi connectivity index (χ0) is 15.9. The Hall–Kier alpha value is -1.75. The highest BCUT2D eigenvalue weighted by atomic mass is 32.2. The smallest absolute Gasteiger partial charge is 0.235 e. The first-order valence-corrected chi connectivity index (χ1v) is 8.69. The summed E-state index contributed by atoms with van der Waals surface area (Å²) in [7, 11) is 1.85. The fourth-order valence-electron chi connectivity index (χ4n) is 2.19. The highest BCUT2D eigenvalue weighted by Crippen LogP contribution is 2.19. The molecule has 1 aromatic carbocycles. The minimum Gasteiger partial charge on any atom is -0.361 e. The summed E-state index contributed by atoms with van der Waals surface area (Å²) in [4.78, 5) is 13.8. The lowest BCUT2D eigenvalue weighted by atomic mass is 10.1. The van der Waals surface area contributed by atoms with Gasteiger partial charge < -0.3 is 9.42 Å². The molecule has 0 saturated carbocycles. The van der Waals surface area contributed by atoms with E-state index in [1.54, 1.807) is 16.7 Å². The fraction of sp³-hybridized carbons (Fsp3) is 0.412. The molecule has 2 rings (SSSR count). The van der Waals surface area contributed by atoms with Crippen LogP contribution in [-0.2, 0) is 11.2 Å². The lowest BCUT2D eigenvalue weighted by molar-refractivity contribution is -0.129. The molecule has 1 aromatic heterocycles. The Kier molecular flexibility index (Phi) is 6.07. The third-order valence-corrected chi connectivity index (χ3v) is 4.53. The van der Waals surface area contributed by atoms with Crippen molar-refractivity contribution < 1.29 is 9.32 Å². The van der Waals surface area contributed by atoms with Crippen molar-refractivity contribution in [3.63, 3.8) is 0 Å². The van der Waals surface area contributed by atoms with E-state index in [0.717, 1.165) is 36.4 Å². The maximum absolute atomic E-state index is 12.0. The molecule has 0 fully saturated rings. The van der Waals surface area contributed by atoms with Crippen LogP contribution in [0, 0.1) is 0 Å². The van der Waals surface area contributed by atoms with Crippen molar-refractivity contribution in [2.75, 3.05) is 19.8 Å². The Morgan fingerprint density at radius 3 is 2.77 bits per heavy atom. The van der Waals surface area contributed by atoms with Crippen molar-refractivity contribution in [1.82, 2.24) is 10.1 Å². The van der Waals surface area contributed by atoms with Crippen molar-refractivity contribution in [1.29, 1.82) is 0 Å². The van der Waals surface area contributed by atoms with Gasteiger partial charge in [-0.1, -0.05) is 35.5 Å². The number of aromatic nitrogens is 1. The summed E-state index contributed by atoms with van der Waals surface area (Å²) in [6.45, 7) is 2.66. The van der Waals surface area contributed by atoms with Gasteiger partial charge in [0.2, 0.25) is 5.91 Å². The number of aryl methyl sites for hydroxylation is 1. The fourth-order valence-corrected chi connectivity index (χ4v) is 2.57. The molecule has 0 aliphatic rings. The molecule has 0 radical (unpaired) electrons. The number of carbonyl (C=O) groups excluding carboxylic acids is 1. The first-order valence-electron chi connectivity index (χ1n) is 7.40. The van der Waals surface area contributed by atoms with E-state index >= 15 is 0 Å². The molecular weight excluding hydrogens is 296 g/mol. The number of carbonyl (C=O) groups is 1. The Morgan fingerprint density at radius 1 is 1.36 bits per heavy atom. The van der Waals surface area contributed by atoms with Crippen molar-refractivity contribution in [2.24, 2.45) is 0 Å². The third kappa shape index (κ3) is 4.37. The second-order valence-electron chi connectivity index (χ2n) is 5.29. The summed E-state index contributed by atoms with van der Waals surface area (Å²) in [5.74, 6) is 1.03. The lowest BCUT2D eigenvalue weighted by Gasteiger charge is -2.19. The van der Waals surface area contributed by atoms with Gasteiger partial charge in [0.1, 0.15) is 11.5 Å². The standard InChI is InChI=1S/C17H22N2O2S/c1-13(22-3)17(20)19(2)11-7-10-15-12-16(18-21-15)14-8-5-4-6-9-14/h4-6,8-9,12-13H,7,10-11H2,1-3H3/t13-/m1/s1. The van der Waals surface area contributed by atoms with Crippen LogP contribution in [-0.4, -0.2) is 41.1 Å². The average molecular weight is 318 g/mol. The van der Waals surface area contributed by atoms with Gasteiger partial charge in [0.25, 0.3) is 0 Å². The number of hydrogen-bond acceptors (Lipinski definition) is 4. The molecule has 1 atom stereocenters. The SMILES string of the molecule is CS[C@H](C)C(=O)N(C)CCCc1cc(-c2ccccc2)no1. The summed E-state index contributed by atoms with van der Waals surface area (Å²) in [6.07, 6.45) is 3.61. The minimum atomic E-state index is 0.0139. The van der Waals surface area contributed by atoms with E-state index in [1.165, 1.54) is 0 Å². The summed E-state index contributed by atoms with van der Waals surface area (Å²) in [5, 5.41) is 4.12. The maximum atomic E-state index is 12.0. The van der Waals surface area contributed by atoms with E-state index in [1.807, 2.05) is 56.6 Å². The van der Waals surface area contributed by atoms with Gasteiger partial charge in [0, 0.05) is 31.6 Å². The molecule has 0 spiro atoms. The van der Waals surface area contributed by atoms with Crippen LogP contribution in [0.15, 0.2) is 40.9 Å². The Balaban J connectivity index is 1.83. The molecule has 22 heavy (non-hydrogen) atoms. The quantitative estimate of drug-likeness (QED) is 0.784. The van der Waals surface area contributed by atoms with Crippen molar-refractivity contribution >= 4 is 17.7 Å². The molecule has 1 amide bonds. The number of hydrogen-bond donors (Lipinski definition) is 0. The van der Waals surface area contributed by atoms with Crippen LogP contribution in [0.25, 0.3) is 11.3 Å². The zero-order valence-corrected chi connectivity index (χ0v) is 14.1. The van der Waals surface area contributed by atoms with Gasteiger partial charge in [-0.25, -0.2) is 0 Å². The lowest BCUT2D eigenvalue weighted by Crippen LogP contribution is -2.34. The molecule has 4 nitrogen and oxygen atoms in total. The predicted octanol–water partition coefficient (Wildman–Crippen LogP) is 3.48. The van der Waals surface area contributed by atoms with Crippen LogP contribution in [0.1, 0.15) is 19.1 Å². The van der Waals surface area contributed by atoms with Crippen LogP contribution in [0.5, 0.6) is 0 Å². The molecule has 0 saturated heterocycles. The van der Waals surface area contributed by atoms with Gasteiger partial charge in [0.15, 0.2) is 0 Å². The van der Waals surface area contributed by atoms with E-state index in [-0.39, 0.29) is 11.2 Å². The van der Waals surface area contributed by atoms with E-state index in [4.69, 9.17) is 4.52 Å². The summed E-state index contributed by atoms with van der Waals surface area (Å²) < 4.78 is 5.37. The Morgan fingerprint density at radius 2 is 2.09 bits per heavy atom. The van der Waals surface area contributed by atoms with Crippen LogP contribution >= 0.6 is 11.8 Å². The third-order valence-electron chi connectivity index (χ3n) is 3.62. The number of rotatable bonds is 7. The highest BCUT2D eigenvalue weighted by Gasteiger charge is 2.16. The number of thioether (sulfide) groups is 1. The first-order chi connectivity index (χ1) is 10.6. The minimum absolute atomic E-state index is 0.0139. The normalized spacial score (nSPS) is 12.1. The molecular formula is C17H22N2O2S. The number of benzene rings is 1. The van der Waals surface area contributed by atoms with Gasteiger partial charge in [-0.15, -0.1) is 0 Å². The monoisotopic (exact) mass is 318 g/mol. The van der Waals surface area contributed by atoms with E-state index in [9.17, 15) is 4.79 Å². The largest absolute Gasteiger partial charge is 0.361 e. The van der Waals surface area contributed by atoms with Crippen molar-refractivity contribution in [2.45, 2.75) is 25.0 Å². The Bertz CT molecular complexity index is 598. The van der Waals surface area contributed by atoms with Crippen molar-refractivity contribution in [3.05, 3.63) is 42.2 Å². The van der Waals surface area contributed by atoms with Gasteiger partial charge in [-0.2, -0.15) is 11.8 Å². The molecule has 5 heteroatoms. The van der Waals surface area contributed by atoms with Crippen LogP contribution in [0.4, 0.5) is 0 Å². The van der Waals surface area contributed by atoms with Crippen molar-refractivity contribution in [3.8, 4) is 11.3 Å². The van der Waals surface area contributed by atoms with E-state index < -0.39 is 0 Å². The molecule has 118 valence electrons. The topological polar surface area (TPSA) is 46.3 Å². The van der Waals surface area contributed by atoms with E-state index in [0.29, 0.717) is 0 Å². The molecule has 0 bridgehead atoms. The second kappa shape index (κ2) is 8.03. The molecule has 1 heterocycles. The van der Waals surface area contributed by atoms with Gasteiger partial charge in [-0.3, -0.25) is 4.79 Å². The van der Waals surface area contributed by atoms with Gasteiger partial charge in [0.05, 0.1) is 5.25 Å². The number of nitrogens with zero attached hydrogens (tertiary/aromatic N) is 2. The molecule has 0 unspecified atom stereocenters. The predicted molar refractivity (Wildman–Crippen MR) is 90.9 cm³/mol. The Labute approximate surface area is 135 Å². The van der Waals surface area contributed by atoms with Gasteiger partial charge >= 0.3 is 0 Å². The van der Waals surface area contributed by atoms with E-state index in [2.05, 4.69) is 5.16 Å². The molecule has 2 aromatic rings. The highest BCUT2D eigenvalue weighted by molar-refractivity contribution is 7.99. The summed E-state index contributed by atoms with van der Waals surface area (Å²) in [5.41, 5.74) is 1.91. The van der Waals surface area contributed by atoms with Crippen LogP contribution in [0.2, 0.25) is 0 Å². The summed E-state index contributed by atoms with van der Waals surface area (Å²) in [6, 6.07) is 11.9. The zero-order valence-electron chi connectivity index (χ0n) is 13.3. The molecule has 0 aliphatic heterocycles. The van der Waals surface area contributed by atoms with Crippen LogP contribution < -0.4 is 0 Å². The van der Waals surface area contributed by atoms with Gasteiger partial charge in [-0.05, 0) is 19.6 Å². The maximum Gasteiger partial charge on any atom is 0.235 e. The number of amides is 1.